The fraction of sp³-hybridized carbons (Fsp3) is 0.550. The molecule has 2 atom stereocenters. The molecule has 1 spiro atoms. The lowest BCUT2D eigenvalue weighted by Crippen LogP contribution is -2.66. The summed E-state index contributed by atoms with van der Waals surface area (Å²) >= 11 is 0. The number of carboxylic acids is 1. The molecule has 4 rings (SSSR count). The zero-order valence-corrected chi connectivity index (χ0v) is 14.8. The molecular weight excluding hydrogens is 318 g/mol. The van der Waals surface area contributed by atoms with Crippen molar-refractivity contribution in [2.24, 2.45) is 5.41 Å². The molecule has 1 aromatic heterocycles. The number of hydrogen-bond acceptors (Lipinski definition) is 4. The van der Waals surface area contributed by atoms with Crippen LogP contribution < -0.4 is 0 Å². The number of rotatable bonds is 6. The van der Waals surface area contributed by atoms with Gasteiger partial charge in [-0.05, 0) is 39.3 Å². The minimum Gasteiger partial charge on any atom is -0.475 e. The second-order valence-electron chi connectivity index (χ2n) is 7.41. The lowest BCUT2D eigenvalue weighted by Gasteiger charge is -2.63. The van der Waals surface area contributed by atoms with E-state index in [9.17, 15) is 9.90 Å². The van der Waals surface area contributed by atoms with Crippen LogP contribution in [0.1, 0.15) is 48.7 Å². The Morgan fingerprint density at radius 2 is 2.16 bits per heavy atom. The highest BCUT2D eigenvalue weighted by Gasteiger charge is 2.60. The average molecular weight is 343 g/mol. The van der Waals surface area contributed by atoms with Crippen molar-refractivity contribution in [1.29, 1.82) is 0 Å². The van der Waals surface area contributed by atoms with Crippen molar-refractivity contribution >= 4 is 16.9 Å². The number of ether oxygens (including phenoxy) is 1. The van der Waals surface area contributed by atoms with Crippen molar-refractivity contribution in [3.63, 3.8) is 0 Å². The molecule has 25 heavy (non-hydrogen) atoms. The first-order valence-corrected chi connectivity index (χ1v) is 9.12. The minimum atomic E-state index is -1.00. The van der Waals surface area contributed by atoms with Gasteiger partial charge in [-0.1, -0.05) is 24.6 Å². The van der Waals surface area contributed by atoms with Gasteiger partial charge in [0.1, 0.15) is 5.58 Å². The Hall–Kier alpha value is -1.85. The fourth-order valence-electron chi connectivity index (χ4n) is 4.81. The molecule has 2 saturated carbocycles. The van der Waals surface area contributed by atoms with E-state index in [4.69, 9.17) is 9.15 Å². The van der Waals surface area contributed by atoms with Crippen LogP contribution in [0.25, 0.3) is 11.0 Å². The molecule has 5 nitrogen and oxygen atoms in total. The van der Waals surface area contributed by atoms with Crippen LogP contribution in [0.5, 0.6) is 0 Å². The van der Waals surface area contributed by atoms with Crippen LogP contribution in [0.15, 0.2) is 28.7 Å². The smallest absolute Gasteiger partial charge is 0.372 e. The fourth-order valence-corrected chi connectivity index (χ4v) is 4.81. The largest absolute Gasteiger partial charge is 0.475 e. The summed E-state index contributed by atoms with van der Waals surface area (Å²) in [7, 11) is 2.10. The topological polar surface area (TPSA) is 62.9 Å². The highest BCUT2D eigenvalue weighted by molar-refractivity contribution is 5.95. The number of aromatic carboxylic acids is 1. The molecule has 2 aliphatic rings. The number of nitrogens with zero attached hydrogens (tertiary/aromatic N) is 1. The summed E-state index contributed by atoms with van der Waals surface area (Å²) in [5.41, 5.74) is 1.69. The number of furan rings is 1. The van der Waals surface area contributed by atoms with Crippen LogP contribution in [0.3, 0.4) is 0 Å². The zero-order chi connectivity index (χ0) is 17.6. The Balaban J connectivity index is 1.59. The number of hydrogen-bond donors (Lipinski definition) is 1. The molecule has 2 aliphatic carbocycles. The van der Waals surface area contributed by atoms with Gasteiger partial charge in [0.15, 0.2) is 0 Å². The molecule has 2 fully saturated rings. The molecule has 2 unspecified atom stereocenters. The van der Waals surface area contributed by atoms with Gasteiger partial charge in [-0.3, -0.25) is 4.90 Å². The Bertz CT molecular complexity index is 792. The Morgan fingerprint density at radius 1 is 1.40 bits per heavy atom. The predicted octanol–water partition coefficient (Wildman–Crippen LogP) is 3.91. The van der Waals surface area contributed by atoms with Crippen LogP contribution in [0.4, 0.5) is 0 Å². The number of carboxylic acid groups (broad SMARTS) is 1. The number of fused-ring (bicyclic) bond motifs is 1. The third-order valence-electron chi connectivity index (χ3n) is 6.23. The number of carbonyl (C=O) groups is 1. The molecular formula is C20H25NO4. The van der Waals surface area contributed by atoms with Gasteiger partial charge in [-0.15, -0.1) is 0 Å². The number of benzene rings is 1. The number of para-hydroxylation sites is 1. The maximum atomic E-state index is 11.6. The van der Waals surface area contributed by atoms with Gasteiger partial charge < -0.3 is 14.3 Å². The highest BCUT2D eigenvalue weighted by Crippen LogP contribution is 2.59. The lowest BCUT2D eigenvalue weighted by molar-refractivity contribution is -0.201. The third kappa shape index (κ3) is 2.49. The molecule has 0 bridgehead atoms. The first kappa shape index (κ1) is 16.6. The summed E-state index contributed by atoms with van der Waals surface area (Å²) in [6.45, 7) is 3.41. The van der Waals surface area contributed by atoms with Crippen LogP contribution in [0, 0.1) is 5.41 Å². The summed E-state index contributed by atoms with van der Waals surface area (Å²) in [6, 6.07) is 8.01. The van der Waals surface area contributed by atoms with Gasteiger partial charge in [0.2, 0.25) is 5.76 Å². The van der Waals surface area contributed by atoms with Crippen molar-refractivity contribution in [2.75, 3.05) is 13.7 Å². The van der Waals surface area contributed by atoms with E-state index in [0.717, 1.165) is 24.0 Å². The normalized spacial score (nSPS) is 24.4. The average Bonchev–Trinajstić information content (AvgIpc) is 2.88. The molecule has 5 heteroatoms. The first-order valence-electron chi connectivity index (χ1n) is 9.12. The quantitative estimate of drug-likeness (QED) is 0.861. The van der Waals surface area contributed by atoms with Gasteiger partial charge in [-0.2, -0.15) is 0 Å². The highest BCUT2D eigenvalue weighted by atomic mass is 16.5. The summed E-state index contributed by atoms with van der Waals surface area (Å²) in [6.07, 6.45) is 5.08. The second-order valence-corrected chi connectivity index (χ2v) is 7.41. The molecule has 134 valence electrons. The van der Waals surface area contributed by atoms with E-state index in [2.05, 4.69) is 18.9 Å². The van der Waals surface area contributed by atoms with Gasteiger partial charge in [0.25, 0.3) is 0 Å². The van der Waals surface area contributed by atoms with Crippen LogP contribution in [-0.4, -0.2) is 41.8 Å². The van der Waals surface area contributed by atoms with E-state index >= 15 is 0 Å². The molecule has 1 heterocycles. The predicted molar refractivity (Wildman–Crippen MR) is 94.7 cm³/mol. The second kappa shape index (κ2) is 6.15. The molecule has 0 amide bonds. The van der Waals surface area contributed by atoms with E-state index in [0.29, 0.717) is 24.3 Å². The molecule has 1 aromatic carbocycles. The van der Waals surface area contributed by atoms with E-state index in [1.807, 2.05) is 24.3 Å². The van der Waals surface area contributed by atoms with E-state index in [1.165, 1.54) is 19.3 Å². The van der Waals surface area contributed by atoms with Crippen molar-refractivity contribution in [2.45, 2.75) is 51.3 Å². The Kier molecular flexibility index (Phi) is 4.08. The Labute approximate surface area is 147 Å². The summed E-state index contributed by atoms with van der Waals surface area (Å²) in [4.78, 5) is 13.9. The van der Waals surface area contributed by atoms with Crippen LogP contribution in [-0.2, 0) is 11.3 Å². The van der Waals surface area contributed by atoms with E-state index < -0.39 is 5.97 Å². The maximum Gasteiger partial charge on any atom is 0.372 e. The SMILES string of the molecule is CCOC1CC(N(C)Cc2c(C(=O)O)oc3ccccc23)C12CCC2. The summed E-state index contributed by atoms with van der Waals surface area (Å²) in [5, 5.41) is 10.4. The van der Waals surface area contributed by atoms with E-state index in [-0.39, 0.29) is 11.2 Å². The lowest BCUT2D eigenvalue weighted by atomic mass is 9.50. The van der Waals surface area contributed by atoms with Crippen molar-refractivity contribution in [3.8, 4) is 0 Å². The zero-order valence-electron chi connectivity index (χ0n) is 14.8. The molecule has 2 aromatic rings. The van der Waals surface area contributed by atoms with Gasteiger partial charge in [0, 0.05) is 35.6 Å². The molecule has 0 aliphatic heterocycles. The van der Waals surface area contributed by atoms with Crippen molar-refractivity contribution < 1.29 is 19.1 Å². The van der Waals surface area contributed by atoms with Crippen molar-refractivity contribution in [1.82, 2.24) is 4.90 Å². The third-order valence-corrected chi connectivity index (χ3v) is 6.23. The molecule has 0 saturated heterocycles. The van der Waals surface area contributed by atoms with Gasteiger partial charge in [0.05, 0.1) is 6.10 Å². The molecule has 1 N–H and O–H groups in total. The monoisotopic (exact) mass is 343 g/mol. The van der Waals surface area contributed by atoms with Crippen molar-refractivity contribution in [3.05, 3.63) is 35.6 Å². The standard InChI is InChI=1S/C20H25NO4/c1-3-24-17-11-16(20(17)9-6-10-20)21(2)12-14-13-7-4-5-8-15(13)25-18(14)19(22)23/h4-5,7-8,16-17H,3,6,9-12H2,1-2H3,(H,22,23). The first-order chi connectivity index (χ1) is 12.1. The summed E-state index contributed by atoms with van der Waals surface area (Å²) < 4.78 is 11.5. The Morgan fingerprint density at radius 3 is 2.80 bits per heavy atom. The van der Waals surface area contributed by atoms with E-state index in [1.54, 1.807) is 0 Å². The van der Waals surface area contributed by atoms with Crippen LogP contribution >= 0.6 is 0 Å². The summed E-state index contributed by atoms with van der Waals surface area (Å²) in [5.74, 6) is -0.935. The van der Waals surface area contributed by atoms with Gasteiger partial charge in [-0.25, -0.2) is 4.79 Å². The maximum absolute atomic E-state index is 11.6. The molecule has 0 radical (unpaired) electrons. The minimum absolute atomic E-state index is 0.0661. The van der Waals surface area contributed by atoms with Crippen LogP contribution in [0.2, 0.25) is 0 Å². The van der Waals surface area contributed by atoms with Gasteiger partial charge >= 0.3 is 5.97 Å².